The highest BCUT2D eigenvalue weighted by Gasteiger charge is 2.48. The Bertz CT molecular complexity index is 1690. The van der Waals surface area contributed by atoms with Crippen molar-refractivity contribution in [2.75, 3.05) is 24.9 Å². The molecule has 0 aliphatic carbocycles. The van der Waals surface area contributed by atoms with Crippen LogP contribution in [0.2, 0.25) is 0 Å². The number of ether oxygens (including phenoxy) is 2. The second-order valence-corrected chi connectivity index (χ2v) is 9.27. The molecule has 0 bridgehead atoms. The van der Waals surface area contributed by atoms with Crippen molar-refractivity contribution >= 4 is 23.2 Å². The zero-order valence-corrected chi connectivity index (χ0v) is 21.7. The highest BCUT2D eigenvalue weighted by Crippen LogP contribution is 2.45. The van der Waals surface area contributed by atoms with Crippen LogP contribution < -0.4 is 20.1 Å². The number of phenols is 2. The molecular formula is C30H24F2N2O7. The van der Waals surface area contributed by atoms with Gasteiger partial charge in [-0.3, -0.25) is 9.59 Å². The van der Waals surface area contributed by atoms with Crippen molar-refractivity contribution in [2.45, 2.75) is 11.5 Å². The van der Waals surface area contributed by atoms with E-state index in [-0.39, 0.29) is 39.8 Å². The summed E-state index contributed by atoms with van der Waals surface area (Å²) >= 11 is 0. The van der Waals surface area contributed by atoms with Crippen LogP contribution in [0, 0.1) is 11.6 Å². The number of amides is 2. The molecule has 0 fully saturated rings. The molecule has 2 atom stereocenters. The van der Waals surface area contributed by atoms with Crippen LogP contribution in [-0.2, 0) is 15.2 Å². The van der Waals surface area contributed by atoms with Gasteiger partial charge < -0.3 is 35.4 Å². The molecule has 11 heteroatoms. The molecule has 2 unspecified atom stereocenters. The summed E-state index contributed by atoms with van der Waals surface area (Å²) in [5.41, 5.74) is -0.0756. The third kappa shape index (κ3) is 4.55. The first-order chi connectivity index (χ1) is 19.6. The van der Waals surface area contributed by atoms with E-state index in [1.165, 1.54) is 26.4 Å². The van der Waals surface area contributed by atoms with Crippen molar-refractivity contribution in [1.82, 2.24) is 0 Å². The molecule has 2 aliphatic heterocycles. The van der Waals surface area contributed by atoms with E-state index in [0.717, 1.165) is 23.8 Å². The van der Waals surface area contributed by atoms with Gasteiger partial charge in [-0.05, 0) is 29.8 Å². The maximum atomic E-state index is 13.9. The fraction of sp³-hybridized carbons (Fsp3) is 0.133. The molecular weight excluding hydrogens is 538 g/mol. The van der Waals surface area contributed by atoms with Crippen molar-refractivity contribution in [3.63, 3.8) is 0 Å². The Morgan fingerprint density at radius 3 is 2.00 bits per heavy atom. The quantitative estimate of drug-likeness (QED) is 0.249. The lowest BCUT2D eigenvalue weighted by Crippen LogP contribution is -2.35. The molecule has 0 aromatic heterocycles. The van der Waals surface area contributed by atoms with E-state index in [1.807, 2.05) is 0 Å². The predicted molar refractivity (Wildman–Crippen MR) is 144 cm³/mol. The highest BCUT2D eigenvalue weighted by atomic mass is 19.1. The molecule has 2 aliphatic rings. The summed E-state index contributed by atoms with van der Waals surface area (Å²) in [5.74, 6) is -3.97. The topological polar surface area (TPSA) is 137 Å². The Labute approximate surface area is 232 Å². The number of hydrogen-bond acceptors (Lipinski definition) is 7. The minimum absolute atomic E-state index is 0.0575. The van der Waals surface area contributed by atoms with Crippen molar-refractivity contribution < 1.29 is 43.2 Å². The van der Waals surface area contributed by atoms with Crippen molar-refractivity contribution in [1.29, 1.82) is 0 Å². The first-order valence-electron chi connectivity index (χ1n) is 12.3. The van der Waals surface area contributed by atoms with Gasteiger partial charge in [0.15, 0.2) is 28.7 Å². The number of carbonyl (C=O) groups excluding carboxylic acids is 2. The van der Waals surface area contributed by atoms with E-state index in [1.54, 1.807) is 42.5 Å². The lowest BCUT2D eigenvalue weighted by Gasteiger charge is -2.23. The van der Waals surface area contributed by atoms with Crippen LogP contribution >= 0.6 is 0 Å². The number of halogens is 2. The molecule has 41 heavy (non-hydrogen) atoms. The number of fused-ring (bicyclic) bond motifs is 2. The zero-order chi connectivity index (χ0) is 29.5. The largest absolute Gasteiger partial charge is 0.507 e. The number of rotatable bonds is 4. The van der Waals surface area contributed by atoms with E-state index in [2.05, 4.69) is 10.6 Å². The van der Waals surface area contributed by atoms with Crippen LogP contribution in [0.3, 0.4) is 0 Å². The van der Waals surface area contributed by atoms with Gasteiger partial charge in [-0.2, -0.15) is 0 Å². The minimum Gasteiger partial charge on any atom is -0.507 e. The molecule has 0 spiro atoms. The molecule has 4 aromatic rings. The third-order valence-electron chi connectivity index (χ3n) is 6.96. The standard InChI is InChI=1S/C15H12FNO4.C15H12FNO3/c1-21-13-7-12(18)9(6-10(13)16)15(20)8-4-2-3-5-11(8)17-14(15)19;1-20-13-7-12(18)9(6-10(13)16)14-8-4-2-3-5-11(8)17-15(14)19/h2-7,18,20H,1H3,(H,17,19);2-7,14,18H,1H3,(H,17,19). The van der Waals surface area contributed by atoms with E-state index in [0.29, 0.717) is 11.4 Å². The summed E-state index contributed by atoms with van der Waals surface area (Å²) in [7, 11) is 2.57. The van der Waals surface area contributed by atoms with E-state index in [9.17, 15) is 33.7 Å². The van der Waals surface area contributed by atoms with Gasteiger partial charge in [0.1, 0.15) is 11.5 Å². The van der Waals surface area contributed by atoms with Gasteiger partial charge in [0, 0.05) is 40.2 Å². The van der Waals surface area contributed by atoms with Crippen molar-refractivity contribution in [3.8, 4) is 23.0 Å². The minimum atomic E-state index is -2.15. The second kappa shape index (κ2) is 10.4. The number of para-hydroxylation sites is 2. The molecule has 2 amide bonds. The molecule has 210 valence electrons. The monoisotopic (exact) mass is 562 g/mol. The lowest BCUT2D eigenvalue weighted by molar-refractivity contribution is -0.129. The molecule has 5 N–H and O–H groups in total. The van der Waals surface area contributed by atoms with Crippen molar-refractivity contribution in [3.05, 3.63) is 107 Å². The van der Waals surface area contributed by atoms with Crippen molar-refractivity contribution in [2.24, 2.45) is 0 Å². The molecule has 0 saturated heterocycles. The second-order valence-electron chi connectivity index (χ2n) is 9.27. The summed E-state index contributed by atoms with van der Waals surface area (Å²) in [5, 5.41) is 36.1. The molecule has 0 saturated carbocycles. The molecule has 2 heterocycles. The van der Waals surface area contributed by atoms with Gasteiger partial charge in [0.25, 0.3) is 5.91 Å². The van der Waals surface area contributed by atoms with Gasteiger partial charge in [-0.15, -0.1) is 0 Å². The Kier molecular flexibility index (Phi) is 6.97. The van der Waals surface area contributed by atoms with Gasteiger partial charge in [-0.25, -0.2) is 8.78 Å². The fourth-order valence-corrected chi connectivity index (χ4v) is 4.96. The summed E-state index contributed by atoms with van der Waals surface area (Å²) < 4.78 is 37.3. The summed E-state index contributed by atoms with van der Waals surface area (Å²) in [6, 6.07) is 17.9. The maximum Gasteiger partial charge on any atom is 0.266 e. The Morgan fingerprint density at radius 2 is 1.32 bits per heavy atom. The maximum absolute atomic E-state index is 13.9. The zero-order valence-electron chi connectivity index (χ0n) is 21.7. The van der Waals surface area contributed by atoms with Crippen LogP contribution in [0.1, 0.15) is 28.2 Å². The van der Waals surface area contributed by atoms with Gasteiger partial charge in [0.2, 0.25) is 5.91 Å². The Hall–Kier alpha value is -5.16. The van der Waals surface area contributed by atoms with E-state index < -0.39 is 34.8 Å². The SMILES string of the molecule is COc1cc(O)c(C2(O)C(=O)Nc3ccccc32)cc1F.COc1cc(O)c(C2C(=O)Nc3ccccc32)cc1F. The number of methoxy groups -OCH3 is 2. The summed E-state index contributed by atoms with van der Waals surface area (Å²) in [4.78, 5) is 24.2. The third-order valence-corrected chi connectivity index (χ3v) is 6.96. The van der Waals surface area contributed by atoms with Crippen LogP contribution in [0.15, 0.2) is 72.8 Å². The average Bonchev–Trinajstić information content (AvgIpc) is 3.43. The van der Waals surface area contributed by atoms with Crippen LogP contribution in [-0.4, -0.2) is 41.4 Å². The summed E-state index contributed by atoms with van der Waals surface area (Å²) in [6.07, 6.45) is 0. The first-order valence-corrected chi connectivity index (χ1v) is 12.3. The number of hydrogen-bond donors (Lipinski definition) is 5. The molecule has 9 nitrogen and oxygen atoms in total. The predicted octanol–water partition coefficient (Wildman–Crippen LogP) is 4.35. The van der Waals surface area contributed by atoms with Crippen LogP contribution in [0.5, 0.6) is 23.0 Å². The average molecular weight is 563 g/mol. The smallest absolute Gasteiger partial charge is 0.266 e. The number of aromatic hydroxyl groups is 2. The van der Waals surface area contributed by atoms with Crippen LogP contribution in [0.4, 0.5) is 20.2 Å². The first kappa shape index (κ1) is 27.4. The molecule has 6 rings (SSSR count). The van der Waals surface area contributed by atoms with Crippen LogP contribution in [0.25, 0.3) is 0 Å². The van der Waals surface area contributed by atoms with Gasteiger partial charge in [-0.1, -0.05) is 36.4 Å². The Balaban J connectivity index is 0.000000165. The number of carbonyl (C=O) groups is 2. The van der Waals surface area contributed by atoms with E-state index >= 15 is 0 Å². The molecule has 0 radical (unpaired) electrons. The number of anilines is 2. The number of phenolic OH excluding ortho intramolecular Hbond substituents is 2. The number of benzene rings is 4. The van der Waals surface area contributed by atoms with Gasteiger partial charge >= 0.3 is 0 Å². The normalized spacial score (nSPS) is 18.4. The molecule has 4 aromatic carbocycles. The fourth-order valence-electron chi connectivity index (χ4n) is 4.96. The number of aliphatic hydroxyl groups is 1. The van der Waals surface area contributed by atoms with Gasteiger partial charge in [0.05, 0.1) is 20.1 Å². The Morgan fingerprint density at radius 1 is 0.732 bits per heavy atom. The van der Waals surface area contributed by atoms with E-state index in [4.69, 9.17) is 9.47 Å². The summed E-state index contributed by atoms with van der Waals surface area (Å²) in [6.45, 7) is 0. The highest BCUT2D eigenvalue weighted by molar-refractivity contribution is 6.07. The number of nitrogens with one attached hydrogen (secondary N) is 2. The lowest BCUT2D eigenvalue weighted by atomic mass is 9.86.